The quantitative estimate of drug-likeness (QED) is 0.830. The van der Waals surface area contributed by atoms with Crippen molar-refractivity contribution in [1.82, 2.24) is 10.1 Å². The van der Waals surface area contributed by atoms with Gasteiger partial charge in [-0.05, 0) is 0 Å². The van der Waals surface area contributed by atoms with Gasteiger partial charge in [0.15, 0.2) is 5.82 Å². The number of hydrogen-bond acceptors (Lipinski definition) is 6. The lowest BCUT2D eigenvalue weighted by Gasteiger charge is -1.88. The molecule has 2 rings (SSSR count). The molecule has 2 aromatic heterocycles. The van der Waals surface area contributed by atoms with Crippen molar-refractivity contribution >= 4 is 11.3 Å². The number of aliphatic hydroxyl groups is 1. The fraction of sp³-hybridized carbons (Fsp3) is 0.250. The summed E-state index contributed by atoms with van der Waals surface area (Å²) in [6.07, 6.45) is 0. The van der Waals surface area contributed by atoms with Crippen LogP contribution in [0, 0.1) is 0 Å². The number of thiophene rings is 1. The van der Waals surface area contributed by atoms with Crippen molar-refractivity contribution in [3.05, 3.63) is 17.3 Å². The van der Waals surface area contributed by atoms with Crippen LogP contribution < -0.4 is 4.74 Å². The van der Waals surface area contributed by atoms with Crippen molar-refractivity contribution in [3.63, 3.8) is 0 Å². The molecule has 0 aliphatic carbocycles. The van der Waals surface area contributed by atoms with Gasteiger partial charge in [-0.3, -0.25) is 0 Å². The highest BCUT2D eigenvalue weighted by atomic mass is 32.1. The Morgan fingerprint density at radius 3 is 3.07 bits per heavy atom. The summed E-state index contributed by atoms with van der Waals surface area (Å²) in [6.45, 7) is -0.216. The van der Waals surface area contributed by atoms with Crippen LogP contribution in [-0.2, 0) is 6.61 Å². The predicted molar refractivity (Wildman–Crippen MR) is 50.1 cm³/mol. The molecule has 6 heteroatoms. The summed E-state index contributed by atoms with van der Waals surface area (Å²) in [6, 6.07) is 1.80. The first kappa shape index (κ1) is 9.17. The minimum atomic E-state index is -0.216. The van der Waals surface area contributed by atoms with E-state index in [2.05, 4.69) is 10.1 Å². The van der Waals surface area contributed by atoms with Gasteiger partial charge in [-0.2, -0.15) is 4.98 Å². The summed E-state index contributed by atoms with van der Waals surface area (Å²) < 4.78 is 9.95. The molecular formula is C8H8N2O3S. The fourth-order valence-electron chi connectivity index (χ4n) is 0.956. The van der Waals surface area contributed by atoms with Gasteiger partial charge in [0.1, 0.15) is 12.4 Å². The van der Waals surface area contributed by atoms with Gasteiger partial charge < -0.3 is 14.4 Å². The van der Waals surface area contributed by atoms with E-state index in [1.165, 1.54) is 11.3 Å². The van der Waals surface area contributed by atoms with Gasteiger partial charge in [0.25, 0.3) is 5.89 Å². The third-order valence-electron chi connectivity index (χ3n) is 1.63. The van der Waals surface area contributed by atoms with E-state index in [4.69, 9.17) is 14.4 Å². The second-order valence-electron chi connectivity index (χ2n) is 2.52. The van der Waals surface area contributed by atoms with Crippen LogP contribution in [0.1, 0.15) is 5.82 Å². The molecule has 0 saturated carbocycles. The Kier molecular flexibility index (Phi) is 2.47. The number of ether oxygens (including phenoxy) is 1. The van der Waals surface area contributed by atoms with Crippen LogP contribution in [0.3, 0.4) is 0 Å². The smallest absolute Gasteiger partial charge is 0.268 e. The maximum absolute atomic E-state index is 8.74. The lowest BCUT2D eigenvalue weighted by Crippen LogP contribution is -1.84. The lowest BCUT2D eigenvalue weighted by molar-refractivity contribution is 0.264. The highest BCUT2D eigenvalue weighted by Crippen LogP contribution is 2.29. The van der Waals surface area contributed by atoms with Crippen LogP contribution in [0.4, 0.5) is 0 Å². The van der Waals surface area contributed by atoms with E-state index >= 15 is 0 Å². The molecular weight excluding hydrogens is 204 g/mol. The van der Waals surface area contributed by atoms with Crippen LogP contribution in [0.5, 0.6) is 5.75 Å². The molecule has 1 N–H and O–H groups in total. The predicted octanol–water partition coefficient (Wildman–Crippen LogP) is 1.30. The molecule has 0 amide bonds. The Morgan fingerprint density at radius 1 is 1.64 bits per heavy atom. The molecule has 0 fully saturated rings. The van der Waals surface area contributed by atoms with Gasteiger partial charge in [-0.25, -0.2) is 0 Å². The topological polar surface area (TPSA) is 68.4 Å². The normalized spacial score (nSPS) is 10.4. The molecule has 5 nitrogen and oxygen atoms in total. The molecule has 74 valence electrons. The van der Waals surface area contributed by atoms with E-state index in [1.807, 2.05) is 5.38 Å². The van der Waals surface area contributed by atoms with E-state index in [9.17, 15) is 0 Å². The molecule has 14 heavy (non-hydrogen) atoms. The van der Waals surface area contributed by atoms with Crippen LogP contribution in [0.2, 0.25) is 0 Å². The van der Waals surface area contributed by atoms with Crippen LogP contribution in [-0.4, -0.2) is 22.4 Å². The van der Waals surface area contributed by atoms with Crippen molar-refractivity contribution in [2.75, 3.05) is 7.11 Å². The highest BCUT2D eigenvalue weighted by molar-refractivity contribution is 7.13. The summed E-state index contributed by atoms with van der Waals surface area (Å²) in [5.41, 5.74) is 0. The third-order valence-corrected chi connectivity index (χ3v) is 2.53. The number of hydrogen-bond donors (Lipinski definition) is 1. The number of nitrogens with zero attached hydrogens (tertiary/aromatic N) is 2. The number of rotatable bonds is 3. The van der Waals surface area contributed by atoms with E-state index in [-0.39, 0.29) is 12.4 Å². The number of methoxy groups -OCH3 is 1. The summed E-state index contributed by atoms with van der Waals surface area (Å²) in [5, 5.41) is 14.2. The summed E-state index contributed by atoms with van der Waals surface area (Å²) in [5.74, 6) is 1.45. The Morgan fingerprint density at radius 2 is 2.50 bits per heavy atom. The second kappa shape index (κ2) is 3.77. The van der Waals surface area contributed by atoms with Crippen molar-refractivity contribution in [1.29, 1.82) is 0 Å². The zero-order valence-corrected chi connectivity index (χ0v) is 8.24. The Balaban J connectivity index is 2.29. The molecule has 0 atom stereocenters. The monoisotopic (exact) mass is 212 g/mol. The summed E-state index contributed by atoms with van der Waals surface area (Å²) in [7, 11) is 1.60. The SMILES string of the molecule is COc1csc(-c2nc(CO)no2)c1. The molecule has 0 unspecified atom stereocenters. The molecule has 0 aliphatic heterocycles. The number of aromatic nitrogens is 2. The van der Waals surface area contributed by atoms with E-state index in [1.54, 1.807) is 13.2 Å². The van der Waals surface area contributed by atoms with Gasteiger partial charge in [-0.1, -0.05) is 5.16 Å². The first-order valence-electron chi connectivity index (χ1n) is 3.90. The van der Waals surface area contributed by atoms with E-state index < -0.39 is 0 Å². The van der Waals surface area contributed by atoms with Crippen LogP contribution in [0.25, 0.3) is 10.8 Å². The molecule has 0 bridgehead atoms. The fourth-order valence-corrected chi connectivity index (χ4v) is 1.73. The van der Waals surface area contributed by atoms with Crippen molar-refractivity contribution in [2.45, 2.75) is 6.61 Å². The van der Waals surface area contributed by atoms with E-state index in [0.717, 1.165) is 10.6 Å². The maximum atomic E-state index is 8.74. The third kappa shape index (κ3) is 1.61. The summed E-state index contributed by atoms with van der Waals surface area (Å²) >= 11 is 1.45. The Hall–Kier alpha value is -1.40. The van der Waals surface area contributed by atoms with Gasteiger partial charge in [-0.15, -0.1) is 11.3 Å². The minimum Gasteiger partial charge on any atom is -0.496 e. The Bertz CT molecular complexity index is 383. The van der Waals surface area contributed by atoms with Gasteiger partial charge in [0.05, 0.1) is 12.0 Å². The average molecular weight is 212 g/mol. The first-order chi connectivity index (χ1) is 6.83. The van der Waals surface area contributed by atoms with Crippen molar-refractivity contribution in [2.24, 2.45) is 0 Å². The zero-order chi connectivity index (χ0) is 9.97. The largest absolute Gasteiger partial charge is 0.496 e. The molecule has 0 saturated heterocycles. The second-order valence-corrected chi connectivity index (χ2v) is 3.44. The number of aliphatic hydroxyl groups excluding tert-OH is 1. The van der Waals surface area contributed by atoms with Crippen molar-refractivity contribution in [3.8, 4) is 16.5 Å². The van der Waals surface area contributed by atoms with Gasteiger partial charge >= 0.3 is 0 Å². The summed E-state index contributed by atoms with van der Waals surface area (Å²) in [4.78, 5) is 4.80. The van der Waals surface area contributed by atoms with E-state index in [0.29, 0.717) is 5.89 Å². The van der Waals surface area contributed by atoms with Crippen LogP contribution in [0.15, 0.2) is 16.0 Å². The molecule has 2 aromatic rings. The van der Waals surface area contributed by atoms with Crippen molar-refractivity contribution < 1.29 is 14.4 Å². The molecule has 0 aromatic carbocycles. The molecule has 0 radical (unpaired) electrons. The average Bonchev–Trinajstić information content (AvgIpc) is 2.86. The lowest BCUT2D eigenvalue weighted by atomic mass is 10.4. The molecule has 0 spiro atoms. The van der Waals surface area contributed by atoms with Gasteiger partial charge in [0.2, 0.25) is 0 Å². The Labute approximate surface area is 84.0 Å². The maximum Gasteiger partial charge on any atom is 0.268 e. The minimum absolute atomic E-state index is 0.216. The molecule has 2 heterocycles. The zero-order valence-electron chi connectivity index (χ0n) is 7.43. The van der Waals surface area contributed by atoms with Crippen LogP contribution >= 0.6 is 11.3 Å². The molecule has 0 aliphatic rings. The standard InChI is InChI=1S/C8H8N2O3S/c1-12-5-2-6(14-4-5)8-9-7(3-11)10-13-8/h2,4,11H,3H2,1H3. The first-order valence-corrected chi connectivity index (χ1v) is 4.78. The highest BCUT2D eigenvalue weighted by Gasteiger charge is 2.10. The van der Waals surface area contributed by atoms with Gasteiger partial charge in [0, 0.05) is 11.4 Å².